The SMILES string of the molecule is CSc1nnc(Sc2ccc(CC(C)N)cn2)s1. The fourth-order valence-electron chi connectivity index (χ4n) is 1.37. The van der Waals surface area contributed by atoms with Gasteiger partial charge in [-0.05, 0) is 43.0 Å². The number of aromatic nitrogens is 3. The second-order valence-corrected chi connectivity index (χ2v) is 7.12. The highest BCUT2D eigenvalue weighted by Gasteiger charge is 2.06. The van der Waals surface area contributed by atoms with Crippen LogP contribution in [-0.2, 0) is 6.42 Å². The molecule has 0 spiro atoms. The third kappa shape index (κ3) is 3.94. The van der Waals surface area contributed by atoms with E-state index < -0.39 is 0 Å². The predicted octanol–water partition coefficient (Wildman–Crippen LogP) is 2.70. The van der Waals surface area contributed by atoms with E-state index in [1.165, 1.54) is 0 Å². The van der Waals surface area contributed by atoms with E-state index in [4.69, 9.17) is 5.73 Å². The van der Waals surface area contributed by atoms with Gasteiger partial charge in [-0.1, -0.05) is 29.2 Å². The zero-order chi connectivity index (χ0) is 13.0. The van der Waals surface area contributed by atoms with Crippen molar-refractivity contribution in [2.75, 3.05) is 6.26 Å². The van der Waals surface area contributed by atoms with Crippen molar-refractivity contribution < 1.29 is 0 Å². The van der Waals surface area contributed by atoms with Crippen LogP contribution in [0, 0.1) is 0 Å². The Hall–Kier alpha value is -0.630. The van der Waals surface area contributed by atoms with Gasteiger partial charge in [-0.25, -0.2) is 4.98 Å². The molecule has 0 bridgehead atoms. The normalized spacial score (nSPS) is 12.6. The van der Waals surface area contributed by atoms with Crippen molar-refractivity contribution >= 4 is 34.9 Å². The van der Waals surface area contributed by atoms with E-state index in [9.17, 15) is 0 Å². The van der Waals surface area contributed by atoms with E-state index in [-0.39, 0.29) is 6.04 Å². The Bertz CT molecular complexity index is 495. The van der Waals surface area contributed by atoms with Gasteiger partial charge in [-0.15, -0.1) is 10.2 Å². The maximum Gasteiger partial charge on any atom is 0.181 e. The molecule has 0 aromatic carbocycles. The number of nitrogens with two attached hydrogens (primary N) is 1. The molecule has 2 aromatic rings. The van der Waals surface area contributed by atoms with Gasteiger partial charge in [-0.3, -0.25) is 0 Å². The Morgan fingerprint density at radius 3 is 2.67 bits per heavy atom. The highest BCUT2D eigenvalue weighted by Crippen LogP contribution is 2.31. The molecule has 18 heavy (non-hydrogen) atoms. The fourth-order valence-corrected chi connectivity index (χ4v) is 3.70. The first-order chi connectivity index (χ1) is 8.67. The minimum atomic E-state index is 0.164. The van der Waals surface area contributed by atoms with Crippen LogP contribution in [-0.4, -0.2) is 27.5 Å². The van der Waals surface area contributed by atoms with Crippen LogP contribution in [0.1, 0.15) is 12.5 Å². The summed E-state index contributed by atoms with van der Waals surface area (Å²) in [6, 6.07) is 4.23. The first-order valence-corrected chi connectivity index (χ1v) is 8.29. The number of rotatable bonds is 5. The Kier molecular flexibility index (Phi) is 4.99. The van der Waals surface area contributed by atoms with Gasteiger partial charge in [0.15, 0.2) is 8.68 Å². The Balaban J connectivity index is 2.01. The molecule has 0 saturated carbocycles. The van der Waals surface area contributed by atoms with Crippen LogP contribution in [0.3, 0.4) is 0 Å². The largest absolute Gasteiger partial charge is 0.328 e. The second-order valence-electron chi connectivity index (χ2n) is 3.83. The topological polar surface area (TPSA) is 64.7 Å². The van der Waals surface area contributed by atoms with Crippen LogP contribution in [0.4, 0.5) is 0 Å². The van der Waals surface area contributed by atoms with E-state index in [1.54, 1.807) is 34.9 Å². The average molecular weight is 298 g/mol. The summed E-state index contributed by atoms with van der Waals surface area (Å²) in [4.78, 5) is 4.40. The number of thioether (sulfide) groups is 1. The third-order valence-electron chi connectivity index (χ3n) is 2.11. The monoisotopic (exact) mass is 298 g/mol. The molecule has 0 fully saturated rings. The molecule has 2 rings (SSSR count). The van der Waals surface area contributed by atoms with E-state index in [0.29, 0.717) is 0 Å². The molecule has 0 aliphatic rings. The molecule has 2 aromatic heterocycles. The predicted molar refractivity (Wildman–Crippen MR) is 77.4 cm³/mol. The van der Waals surface area contributed by atoms with Crippen molar-refractivity contribution in [1.82, 2.24) is 15.2 Å². The molecule has 2 heterocycles. The standard InChI is InChI=1S/C11H14N4S3/c1-7(12)5-8-3-4-9(13-6-8)17-11-15-14-10(16-2)18-11/h3-4,6-7H,5,12H2,1-2H3. The minimum absolute atomic E-state index is 0.164. The summed E-state index contributed by atoms with van der Waals surface area (Å²) >= 11 is 4.73. The summed E-state index contributed by atoms with van der Waals surface area (Å²) in [6.45, 7) is 1.99. The van der Waals surface area contributed by atoms with Gasteiger partial charge in [0.1, 0.15) is 5.03 Å². The summed E-state index contributed by atoms with van der Waals surface area (Å²) in [5, 5.41) is 9.10. The van der Waals surface area contributed by atoms with E-state index >= 15 is 0 Å². The number of hydrogen-bond donors (Lipinski definition) is 1. The van der Waals surface area contributed by atoms with Crippen LogP contribution < -0.4 is 5.73 Å². The number of nitrogens with zero attached hydrogens (tertiary/aromatic N) is 3. The van der Waals surface area contributed by atoms with Gasteiger partial charge >= 0.3 is 0 Å². The molecule has 2 N–H and O–H groups in total. The van der Waals surface area contributed by atoms with Crippen LogP contribution in [0.25, 0.3) is 0 Å². The summed E-state index contributed by atoms with van der Waals surface area (Å²) in [5.41, 5.74) is 6.92. The quantitative estimate of drug-likeness (QED) is 0.856. The lowest BCUT2D eigenvalue weighted by Crippen LogP contribution is -2.17. The summed E-state index contributed by atoms with van der Waals surface area (Å²) in [5.74, 6) is 0. The average Bonchev–Trinajstić information content (AvgIpc) is 2.79. The zero-order valence-corrected chi connectivity index (χ0v) is 12.6. The summed E-state index contributed by atoms with van der Waals surface area (Å²) in [7, 11) is 0. The minimum Gasteiger partial charge on any atom is -0.328 e. The van der Waals surface area contributed by atoms with Gasteiger partial charge in [0.05, 0.1) is 0 Å². The lowest BCUT2D eigenvalue weighted by Gasteiger charge is -2.04. The second kappa shape index (κ2) is 6.51. The van der Waals surface area contributed by atoms with Crippen molar-refractivity contribution in [3.8, 4) is 0 Å². The van der Waals surface area contributed by atoms with E-state index in [1.807, 2.05) is 25.4 Å². The Morgan fingerprint density at radius 2 is 2.11 bits per heavy atom. The van der Waals surface area contributed by atoms with Gasteiger partial charge in [0.2, 0.25) is 0 Å². The smallest absolute Gasteiger partial charge is 0.181 e. The molecule has 0 radical (unpaired) electrons. The summed E-state index contributed by atoms with van der Waals surface area (Å²) in [6.07, 6.45) is 4.73. The number of hydrogen-bond acceptors (Lipinski definition) is 7. The fraction of sp³-hybridized carbons (Fsp3) is 0.364. The maximum atomic E-state index is 5.75. The van der Waals surface area contributed by atoms with Gasteiger partial charge in [0.25, 0.3) is 0 Å². The summed E-state index contributed by atoms with van der Waals surface area (Å²) < 4.78 is 1.90. The van der Waals surface area contributed by atoms with Crippen molar-refractivity contribution in [3.63, 3.8) is 0 Å². The van der Waals surface area contributed by atoms with Crippen molar-refractivity contribution in [3.05, 3.63) is 23.9 Å². The zero-order valence-electron chi connectivity index (χ0n) is 10.2. The van der Waals surface area contributed by atoms with Crippen molar-refractivity contribution in [2.24, 2.45) is 5.73 Å². The van der Waals surface area contributed by atoms with Crippen LogP contribution in [0.5, 0.6) is 0 Å². The Labute approximate surface area is 119 Å². The molecule has 96 valence electrons. The molecular formula is C11H14N4S3. The molecule has 1 atom stereocenters. The lowest BCUT2D eigenvalue weighted by molar-refractivity contribution is 0.734. The molecule has 7 heteroatoms. The Morgan fingerprint density at radius 1 is 1.33 bits per heavy atom. The first kappa shape index (κ1) is 13.8. The van der Waals surface area contributed by atoms with Gasteiger partial charge in [0, 0.05) is 12.2 Å². The first-order valence-electron chi connectivity index (χ1n) is 5.43. The highest BCUT2D eigenvalue weighted by atomic mass is 32.2. The molecule has 0 aliphatic heterocycles. The molecular weight excluding hydrogens is 284 g/mol. The van der Waals surface area contributed by atoms with Crippen molar-refractivity contribution in [2.45, 2.75) is 33.1 Å². The molecule has 4 nitrogen and oxygen atoms in total. The van der Waals surface area contributed by atoms with E-state index in [0.717, 1.165) is 25.7 Å². The third-order valence-corrected chi connectivity index (χ3v) is 5.01. The van der Waals surface area contributed by atoms with Gasteiger partial charge in [-0.2, -0.15) is 0 Å². The molecule has 1 unspecified atom stereocenters. The maximum absolute atomic E-state index is 5.75. The molecule has 0 saturated heterocycles. The molecule has 0 aliphatic carbocycles. The number of pyridine rings is 1. The van der Waals surface area contributed by atoms with Crippen LogP contribution in [0.2, 0.25) is 0 Å². The lowest BCUT2D eigenvalue weighted by atomic mass is 10.1. The van der Waals surface area contributed by atoms with Gasteiger partial charge < -0.3 is 5.73 Å². The van der Waals surface area contributed by atoms with Crippen LogP contribution in [0.15, 0.2) is 32.0 Å². The van der Waals surface area contributed by atoms with E-state index in [2.05, 4.69) is 21.2 Å². The molecule has 0 amide bonds. The van der Waals surface area contributed by atoms with Crippen LogP contribution >= 0.6 is 34.9 Å². The van der Waals surface area contributed by atoms with Crippen molar-refractivity contribution in [1.29, 1.82) is 0 Å². The highest BCUT2D eigenvalue weighted by molar-refractivity contribution is 8.02.